The lowest BCUT2D eigenvalue weighted by Gasteiger charge is -2.08. The van der Waals surface area contributed by atoms with Gasteiger partial charge in [0.2, 0.25) is 10.0 Å². The van der Waals surface area contributed by atoms with Gasteiger partial charge in [0.05, 0.1) is 4.34 Å². The Hall–Kier alpha value is -0.140. The van der Waals surface area contributed by atoms with Crippen LogP contribution < -0.4 is 10.0 Å². The first-order valence-electron chi connectivity index (χ1n) is 5.82. The number of thiophene rings is 1. The molecule has 0 aromatic carbocycles. The number of nitrogens with one attached hydrogen (secondary N) is 2. The number of hydrogen-bond donors (Lipinski definition) is 2. The van der Waals surface area contributed by atoms with Crippen molar-refractivity contribution in [2.24, 2.45) is 0 Å². The lowest BCUT2D eigenvalue weighted by Crippen LogP contribution is -2.29. The van der Waals surface area contributed by atoms with Crippen LogP contribution in [0, 0.1) is 6.92 Å². The number of halogens is 1. The number of sulfonamides is 1. The van der Waals surface area contributed by atoms with E-state index < -0.39 is 10.0 Å². The quantitative estimate of drug-likeness (QED) is 0.760. The van der Waals surface area contributed by atoms with Gasteiger partial charge in [-0.1, -0.05) is 25.4 Å². The summed E-state index contributed by atoms with van der Waals surface area (Å²) < 4.78 is 27.2. The first-order chi connectivity index (χ1) is 8.33. The molecular formula is C11H19ClN2O2S2. The van der Waals surface area contributed by atoms with Gasteiger partial charge in [0.15, 0.2) is 0 Å². The smallest absolute Gasteiger partial charge is 0.250 e. The van der Waals surface area contributed by atoms with Crippen LogP contribution in [0.2, 0.25) is 4.34 Å². The van der Waals surface area contributed by atoms with E-state index in [1.807, 2.05) is 0 Å². The Labute approximate surface area is 118 Å². The summed E-state index contributed by atoms with van der Waals surface area (Å²) in [6, 6.07) is 2.02. The highest BCUT2D eigenvalue weighted by molar-refractivity contribution is 7.91. The van der Waals surface area contributed by atoms with Gasteiger partial charge < -0.3 is 5.32 Å². The monoisotopic (exact) mass is 310 g/mol. The van der Waals surface area contributed by atoms with Crippen LogP contribution >= 0.6 is 22.9 Å². The van der Waals surface area contributed by atoms with Crippen LogP contribution in [-0.2, 0) is 10.0 Å². The zero-order valence-corrected chi connectivity index (χ0v) is 13.2. The molecule has 0 atom stereocenters. The second kappa shape index (κ2) is 6.86. The van der Waals surface area contributed by atoms with E-state index in [2.05, 4.69) is 23.9 Å². The SMILES string of the molecule is Cc1cc(S(=O)(=O)NCCCNC(C)C)sc1Cl. The van der Waals surface area contributed by atoms with Crippen molar-refractivity contribution in [3.63, 3.8) is 0 Å². The topological polar surface area (TPSA) is 58.2 Å². The molecule has 0 bridgehead atoms. The minimum absolute atomic E-state index is 0.279. The maximum atomic E-state index is 11.9. The highest BCUT2D eigenvalue weighted by Crippen LogP contribution is 2.29. The molecule has 0 aliphatic rings. The average Bonchev–Trinajstić information content (AvgIpc) is 2.59. The van der Waals surface area contributed by atoms with Crippen LogP contribution in [0.1, 0.15) is 25.8 Å². The summed E-state index contributed by atoms with van der Waals surface area (Å²) in [7, 11) is -3.41. The Balaban J connectivity index is 2.45. The predicted molar refractivity (Wildman–Crippen MR) is 77.0 cm³/mol. The van der Waals surface area contributed by atoms with E-state index in [4.69, 9.17) is 11.6 Å². The Morgan fingerprint density at radius 3 is 2.56 bits per heavy atom. The summed E-state index contributed by atoms with van der Waals surface area (Å²) >= 11 is 6.96. The standard InChI is InChI=1S/C11H19ClN2O2S2/c1-8(2)13-5-4-6-14-18(15,16)10-7-9(3)11(12)17-10/h7-8,13-14H,4-6H2,1-3H3. The maximum Gasteiger partial charge on any atom is 0.250 e. The maximum absolute atomic E-state index is 11.9. The van der Waals surface area contributed by atoms with Crippen LogP contribution in [0.4, 0.5) is 0 Å². The van der Waals surface area contributed by atoms with E-state index in [1.54, 1.807) is 13.0 Å². The van der Waals surface area contributed by atoms with E-state index in [9.17, 15) is 8.42 Å². The molecule has 0 aliphatic heterocycles. The number of rotatable bonds is 7. The highest BCUT2D eigenvalue weighted by Gasteiger charge is 2.17. The third-order valence-corrected chi connectivity index (χ3v) is 5.79. The normalized spacial score (nSPS) is 12.3. The summed E-state index contributed by atoms with van der Waals surface area (Å²) in [6.45, 7) is 7.13. The molecule has 1 heterocycles. The Morgan fingerprint density at radius 1 is 1.39 bits per heavy atom. The van der Waals surface area contributed by atoms with Crippen molar-refractivity contribution >= 4 is 33.0 Å². The average molecular weight is 311 g/mol. The predicted octanol–water partition coefficient (Wildman–Crippen LogP) is 2.38. The van der Waals surface area contributed by atoms with Crippen LogP contribution in [0.3, 0.4) is 0 Å². The van der Waals surface area contributed by atoms with Crippen molar-refractivity contribution in [1.82, 2.24) is 10.0 Å². The summed E-state index contributed by atoms with van der Waals surface area (Å²) in [6.07, 6.45) is 0.759. The Kier molecular flexibility index (Phi) is 6.07. The molecule has 0 saturated heterocycles. The first-order valence-corrected chi connectivity index (χ1v) is 8.49. The van der Waals surface area contributed by atoms with Crippen molar-refractivity contribution in [1.29, 1.82) is 0 Å². The minimum Gasteiger partial charge on any atom is -0.314 e. The first kappa shape index (κ1) is 15.9. The fourth-order valence-electron chi connectivity index (χ4n) is 1.32. The molecule has 18 heavy (non-hydrogen) atoms. The molecule has 0 aliphatic carbocycles. The summed E-state index contributed by atoms with van der Waals surface area (Å²) in [5.74, 6) is 0. The van der Waals surface area contributed by atoms with Crippen LogP contribution in [0.5, 0.6) is 0 Å². The number of aryl methyl sites for hydroxylation is 1. The van der Waals surface area contributed by atoms with Gasteiger partial charge in [-0.3, -0.25) is 0 Å². The fraction of sp³-hybridized carbons (Fsp3) is 0.636. The van der Waals surface area contributed by atoms with Crippen molar-refractivity contribution in [2.75, 3.05) is 13.1 Å². The van der Waals surface area contributed by atoms with Crippen molar-refractivity contribution in [3.8, 4) is 0 Å². The van der Waals surface area contributed by atoms with Gasteiger partial charge >= 0.3 is 0 Å². The van der Waals surface area contributed by atoms with E-state index in [-0.39, 0.29) is 4.21 Å². The van der Waals surface area contributed by atoms with Crippen molar-refractivity contribution in [2.45, 2.75) is 37.4 Å². The third-order valence-electron chi connectivity index (χ3n) is 2.30. The van der Waals surface area contributed by atoms with Gasteiger partial charge in [-0.05, 0) is 31.5 Å². The summed E-state index contributed by atoms with van der Waals surface area (Å²) in [4.78, 5) is 0. The van der Waals surface area contributed by atoms with Gasteiger partial charge in [0.1, 0.15) is 4.21 Å². The second-order valence-corrected chi connectivity index (χ2v) is 8.03. The minimum atomic E-state index is -3.41. The van der Waals surface area contributed by atoms with Gasteiger partial charge in [0, 0.05) is 12.6 Å². The van der Waals surface area contributed by atoms with Crippen LogP contribution in [0.25, 0.3) is 0 Å². The zero-order valence-electron chi connectivity index (χ0n) is 10.8. The largest absolute Gasteiger partial charge is 0.314 e. The molecule has 0 unspecified atom stereocenters. The van der Waals surface area contributed by atoms with Crippen LogP contribution in [0.15, 0.2) is 10.3 Å². The van der Waals surface area contributed by atoms with Gasteiger partial charge in [-0.2, -0.15) is 0 Å². The van der Waals surface area contributed by atoms with Crippen molar-refractivity contribution < 1.29 is 8.42 Å². The fourth-order valence-corrected chi connectivity index (χ4v) is 4.15. The van der Waals surface area contributed by atoms with E-state index >= 15 is 0 Å². The molecule has 7 heteroatoms. The summed E-state index contributed by atoms with van der Waals surface area (Å²) in [5, 5.41) is 3.23. The molecule has 0 spiro atoms. The molecule has 2 N–H and O–H groups in total. The van der Waals surface area contributed by atoms with Gasteiger partial charge in [-0.25, -0.2) is 13.1 Å². The molecule has 1 rings (SSSR count). The molecule has 104 valence electrons. The van der Waals surface area contributed by atoms with Gasteiger partial charge in [0.25, 0.3) is 0 Å². The molecule has 0 fully saturated rings. The Morgan fingerprint density at radius 2 is 2.06 bits per heavy atom. The lowest BCUT2D eigenvalue weighted by molar-refractivity contribution is 0.555. The summed E-state index contributed by atoms with van der Waals surface area (Å²) in [5.41, 5.74) is 0.795. The zero-order chi connectivity index (χ0) is 13.8. The lowest BCUT2D eigenvalue weighted by atomic mass is 10.3. The van der Waals surface area contributed by atoms with Gasteiger partial charge in [-0.15, -0.1) is 11.3 Å². The molecule has 4 nitrogen and oxygen atoms in total. The molecule has 0 radical (unpaired) electrons. The van der Waals surface area contributed by atoms with E-state index in [1.165, 1.54) is 0 Å². The molecular weight excluding hydrogens is 292 g/mol. The molecule has 1 aromatic heterocycles. The van der Waals surface area contributed by atoms with E-state index in [0.29, 0.717) is 16.9 Å². The van der Waals surface area contributed by atoms with E-state index in [0.717, 1.165) is 29.9 Å². The second-order valence-electron chi connectivity index (χ2n) is 4.38. The molecule has 0 amide bonds. The van der Waals surface area contributed by atoms with Crippen molar-refractivity contribution in [3.05, 3.63) is 16.0 Å². The van der Waals surface area contributed by atoms with Crippen LogP contribution in [-0.4, -0.2) is 27.5 Å². The number of hydrogen-bond acceptors (Lipinski definition) is 4. The molecule has 0 saturated carbocycles. The highest BCUT2D eigenvalue weighted by atomic mass is 35.5. The Bertz CT molecular complexity index is 464. The molecule has 1 aromatic rings. The third kappa shape index (κ3) is 4.85.